The largest absolute Gasteiger partial charge is 0.393 e. The molecule has 1 heterocycles. The third kappa shape index (κ3) is 2.22. The van der Waals surface area contributed by atoms with Crippen molar-refractivity contribution in [3.63, 3.8) is 0 Å². The predicted molar refractivity (Wildman–Crippen MR) is 73.6 cm³/mol. The molecule has 1 saturated heterocycles. The number of rotatable bonds is 4. The van der Waals surface area contributed by atoms with Crippen LogP contribution in [0.1, 0.15) is 39.5 Å². The van der Waals surface area contributed by atoms with E-state index in [1.165, 1.54) is 19.3 Å². The topological polar surface area (TPSA) is 78.4 Å². The Morgan fingerprint density at radius 3 is 2.60 bits per heavy atom. The first-order chi connectivity index (χ1) is 9.47. The van der Waals surface area contributed by atoms with Gasteiger partial charge < -0.3 is 15.7 Å². The lowest BCUT2D eigenvalue weighted by atomic mass is 9.78. The number of β-lactam (4-membered cyclic amide) rings is 1. The summed E-state index contributed by atoms with van der Waals surface area (Å²) in [6.45, 7) is 3.44. The smallest absolute Gasteiger partial charge is 0.228 e. The van der Waals surface area contributed by atoms with E-state index in [0.717, 1.165) is 12.3 Å². The molecule has 1 unspecified atom stereocenters. The average Bonchev–Trinajstić information content (AvgIpc) is 2.96. The van der Waals surface area contributed by atoms with Gasteiger partial charge in [0, 0.05) is 6.04 Å². The Labute approximate surface area is 119 Å². The van der Waals surface area contributed by atoms with Gasteiger partial charge in [-0.2, -0.15) is 0 Å². The molecule has 3 aliphatic rings. The molecule has 0 aromatic rings. The summed E-state index contributed by atoms with van der Waals surface area (Å²) in [7, 11) is 0. The lowest BCUT2D eigenvalue weighted by molar-refractivity contribution is -0.145. The molecular weight excluding hydrogens is 256 g/mol. The molecule has 2 aliphatic carbocycles. The van der Waals surface area contributed by atoms with E-state index in [9.17, 15) is 14.7 Å². The number of nitrogens with one attached hydrogen (secondary N) is 2. The van der Waals surface area contributed by atoms with Crippen molar-refractivity contribution >= 4 is 11.8 Å². The van der Waals surface area contributed by atoms with Crippen LogP contribution in [0.5, 0.6) is 0 Å². The van der Waals surface area contributed by atoms with Gasteiger partial charge in [-0.05, 0) is 38.0 Å². The number of carbonyl (C=O) groups excluding carboxylic acids is 2. The van der Waals surface area contributed by atoms with Crippen molar-refractivity contribution in [2.45, 2.75) is 57.7 Å². The van der Waals surface area contributed by atoms with Gasteiger partial charge in [0.15, 0.2) is 0 Å². The number of aliphatic hydroxyl groups excluding tert-OH is 1. The van der Waals surface area contributed by atoms with Crippen LogP contribution in [0.4, 0.5) is 0 Å². The van der Waals surface area contributed by atoms with E-state index in [1.807, 2.05) is 6.92 Å². The van der Waals surface area contributed by atoms with E-state index in [2.05, 4.69) is 10.6 Å². The molecule has 3 rings (SSSR count). The number of aliphatic hydroxyl groups is 1. The van der Waals surface area contributed by atoms with Crippen molar-refractivity contribution in [1.82, 2.24) is 10.6 Å². The minimum Gasteiger partial charge on any atom is -0.393 e. The fraction of sp³-hybridized carbons (Fsp3) is 0.867. The maximum Gasteiger partial charge on any atom is 0.228 e. The lowest BCUT2D eigenvalue weighted by Gasteiger charge is -2.41. The third-order valence-electron chi connectivity index (χ3n) is 5.54. The number of carbonyl (C=O) groups is 2. The van der Waals surface area contributed by atoms with Crippen LogP contribution in [0.25, 0.3) is 0 Å². The van der Waals surface area contributed by atoms with Gasteiger partial charge in [-0.25, -0.2) is 0 Å². The first-order valence-electron chi connectivity index (χ1n) is 7.76. The second kappa shape index (κ2) is 5.02. The summed E-state index contributed by atoms with van der Waals surface area (Å²) in [5.41, 5.74) is 0. The summed E-state index contributed by atoms with van der Waals surface area (Å²) >= 11 is 0. The third-order valence-corrected chi connectivity index (χ3v) is 5.54. The molecule has 1 aliphatic heterocycles. The van der Waals surface area contributed by atoms with Crippen LogP contribution in [-0.4, -0.2) is 35.1 Å². The minimum absolute atomic E-state index is 0.0122. The highest BCUT2D eigenvalue weighted by atomic mass is 16.3. The zero-order valence-corrected chi connectivity index (χ0v) is 12.1. The van der Waals surface area contributed by atoms with Crippen molar-refractivity contribution in [3.05, 3.63) is 0 Å². The Hall–Kier alpha value is -1.10. The first-order valence-corrected chi connectivity index (χ1v) is 7.76. The summed E-state index contributed by atoms with van der Waals surface area (Å²) in [5, 5.41) is 15.5. The van der Waals surface area contributed by atoms with E-state index in [1.54, 1.807) is 6.92 Å². The Kier molecular flexibility index (Phi) is 3.48. The number of hydrogen-bond donors (Lipinski definition) is 3. The first kappa shape index (κ1) is 13.9. The summed E-state index contributed by atoms with van der Waals surface area (Å²) < 4.78 is 0. The van der Waals surface area contributed by atoms with E-state index in [-0.39, 0.29) is 23.8 Å². The summed E-state index contributed by atoms with van der Waals surface area (Å²) in [5.74, 6) is 0.582. The molecule has 0 aromatic heterocycles. The number of hydrogen-bond acceptors (Lipinski definition) is 3. The molecule has 0 aromatic carbocycles. The zero-order chi connectivity index (χ0) is 14.4. The molecule has 7 atom stereocenters. The molecule has 3 fully saturated rings. The fourth-order valence-corrected chi connectivity index (χ4v) is 4.27. The van der Waals surface area contributed by atoms with Crippen LogP contribution in [0, 0.1) is 23.7 Å². The standard InChI is InChI=1S/C15H24N2O3/c1-7(13-12(8(2)18)15(20)17-13)14(19)16-11-6-9-3-4-10(11)5-9/h7-13,18H,3-6H2,1-2H3,(H,16,19)(H,17,20)/t7?,8-,9-,10+,11+,12-,13-/m1/s1. The SMILES string of the molecule is CC(C(=O)N[C@H]1C[C@@H]2CC[C@H]1C2)[C@H]1NC(=O)[C@@H]1[C@@H](C)O. The highest BCUT2D eigenvalue weighted by molar-refractivity contribution is 5.90. The van der Waals surface area contributed by atoms with Crippen LogP contribution in [-0.2, 0) is 9.59 Å². The molecular formula is C15H24N2O3. The average molecular weight is 280 g/mol. The second-order valence-electron chi connectivity index (χ2n) is 6.88. The molecule has 112 valence electrons. The summed E-state index contributed by atoms with van der Waals surface area (Å²) in [6.07, 6.45) is 4.22. The monoisotopic (exact) mass is 280 g/mol. The molecule has 0 radical (unpaired) electrons. The molecule has 0 spiro atoms. The Bertz CT molecular complexity index is 423. The summed E-state index contributed by atoms with van der Waals surface area (Å²) in [6, 6.07) is 0.0885. The number of fused-ring (bicyclic) bond motifs is 2. The normalized spacial score (nSPS) is 41.8. The fourth-order valence-electron chi connectivity index (χ4n) is 4.27. The summed E-state index contributed by atoms with van der Waals surface area (Å²) in [4.78, 5) is 23.8. The Morgan fingerprint density at radius 1 is 1.35 bits per heavy atom. The van der Waals surface area contributed by atoms with Crippen LogP contribution in [0.3, 0.4) is 0 Å². The van der Waals surface area contributed by atoms with Crippen molar-refractivity contribution < 1.29 is 14.7 Å². The molecule has 5 heteroatoms. The molecule has 3 N–H and O–H groups in total. The molecule has 2 saturated carbocycles. The molecule has 5 nitrogen and oxygen atoms in total. The van der Waals surface area contributed by atoms with Crippen molar-refractivity contribution in [3.8, 4) is 0 Å². The van der Waals surface area contributed by atoms with Crippen LogP contribution in [0.15, 0.2) is 0 Å². The van der Waals surface area contributed by atoms with E-state index >= 15 is 0 Å². The Balaban J connectivity index is 1.56. The lowest BCUT2D eigenvalue weighted by Crippen LogP contribution is -2.66. The zero-order valence-electron chi connectivity index (χ0n) is 12.1. The van der Waals surface area contributed by atoms with Crippen LogP contribution >= 0.6 is 0 Å². The van der Waals surface area contributed by atoms with Gasteiger partial charge in [-0.3, -0.25) is 9.59 Å². The number of amides is 2. The highest BCUT2D eigenvalue weighted by Crippen LogP contribution is 2.44. The van der Waals surface area contributed by atoms with Gasteiger partial charge in [0.1, 0.15) is 0 Å². The van der Waals surface area contributed by atoms with Crippen molar-refractivity contribution in [2.75, 3.05) is 0 Å². The predicted octanol–water partition coefficient (Wildman–Crippen LogP) is 0.423. The van der Waals surface area contributed by atoms with Gasteiger partial charge in [0.25, 0.3) is 0 Å². The highest BCUT2D eigenvalue weighted by Gasteiger charge is 2.48. The van der Waals surface area contributed by atoms with Gasteiger partial charge in [0.2, 0.25) is 11.8 Å². The van der Waals surface area contributed by atoms with Gasteiger partial charge in [0.05, 0.1) is 24.0 Å². The molecule has 2 amide bonds. The molecule has 20 heavy (non-hydrogen) atoms. The maximum atomic E-state index is 12.3. The van der Waals surface area contributed by atoms with Crippen molar-refractivity contribution in [1.29, 1.82) is 0 Å². The van der Waals surface area contributed by atoms with E-state index in [4.69, 9.17) is 0 Å². The second-order valence-corrected chi connectivity index (χ2v) is 6.88. The quantitative estimate of drug-likeness (QED) is 0.653. The van der Waals surface area contributed by atoms with Gasteiger partial charge in [-0.15, -0.1) is 0 Å². The molecule has 2 bridgehead atoms. The Morgan fingerprint density at radius 2 is 2.10 bits per heavy atom. The maximum absolute atomic E-state index is 12.3. The minimum atomic E-state index is -0.702. The van der Waals surface area contributed by atoms with Gasteiger partial charge in [-0.1, -0.05) is 13.3 Å². The van der Waals surface area contributed by atoms with Gasteiger partial charge >= 0.3 is 0 Å². The van der Waals surface area contributed by atoms with E-state index in [0.29, 0.717) is 12.0 Å². The van der Waals surface area contributed by atoms with Crippen LogP contribution < -0.4 is 10.6 Å². The van der Waals surface area contributed by atoms with E-state index < -0.39 is 12.0 Å². The van der Waals surface area contributed by atoms with Crippen LogP contribution in [0.2, 0.25) is 0 Å². The van der Waals surface area contributed by atoms with Crippen molar-refractivity contribution in [2.24, 2.45) is 23.7 Å².